The molecule has 9 amide bonds. The van der Waals surface area contributed by atoms with Crippen LogP contribution in [0.15, 0.2) is 0 Å². The fourth-order valence-corrected chi connectivity index (χ4v) is 5.59. The summed E-state index contributed by atoms with van der Waals surface area (Å²) < 4.78 is 5.46. The van der Waals surface area contributed by atoms with Crippen LogP contribution in [0.3, 0.4) is 0 Å². The summed E-state index contributed by atoms with van der Waals surface area (Å²) in [5, 5.41) is 67.7. The maximum absolute atomic E-state index is 13.6. The molecule has 1 fully saturated rings. The minimum Gasteiger partial charge on any atom is -0.481 e. The SMILES string of the molecule is CC(=O)N[C@@H]1[C@@H](O)[C@H](O)[C@@H](CO)O[C@H]1NC(=O)C[C@H](NC(=O)[C@H](CCC(=O)O)NC(C)=O)C(=O)N[C@@H](C)C(=O)N[C@@H](CO)C(=O)N[C@@H](CCCCN)C(=O)N[C@@H](C)C(N)=O. The van der Waals surface area contributed by atoms with Crippen LogP contribution >= 0.6 is 0 Å². The Labute approximate surface area is 344 Å². The van der Waals surface area contributed by atoms with E-state index in [1.165, 1.54) is 6.92 Å². The second-order valence-electron chi connectivity index (χ2n) is 14.0. The van der Waals surface area contributed by atoms with E-state index in [0.717, 1.165) is 20.8 Å². The van der Waals surface area contributed by atoms with Crippen LogP contribution < -0.4 is 54.0 Å². The second-order valence-corrected chi connectivity index (χ2v) is 14.0. The quantitative estimate of drug-likeness (QED) is 0.0379. The van der Waals surface area contributed by atoms with Crippen molar-refractivity contribution in [3.63, 3.8) is 0 Å². The minimum atomic E-state index is -1.91. The van der Waals surface area contributed by atoms with E-state index in [1.54, 1.807) is 0 Å². The highest BCUT2D eigenvalue weighted by molar-refractivity contribution is 5.98. The summed E-state index contributed by atoms with van der Waals surface area (Å²) in [5.74, 6) is -10.1. The molecule has 0 aliphatic carbocycles. The third kappa shape index (κ3) is 17.8. The molecule has 0 aromatic heterocycles. The van der Waals surface area contributed by atoms with Crippen molar-refractivity contribution in [1.29, 1.82) is 0 Å². The van der Waals surface area contributed by atoms with Crippen molar-refractivity contribution in [2.75, 3.05) is 19.8 Å². The number of amides is 9. The summed E-state index contributed by atoms with van der Waals surface area (Å²) in [5.41, 5.74) is 10.7. The molecular formula is C34H58N10O16. The number of carbonyl (C=O) groups excluding carboxylic acids is 9. The van der Waals surface area contributed by atoms with Gasteiger partial charge in [0.05, 0.1) is 19.6 Å². The normalized spacial score (nSPS) is 21.5. The van der Waals surface area contributed by atoms with Gasteiger partial charge in [-0.05, 0) is 46.1 Å². The Morgan fingerprint density at radius 1 is 0.650 bits per heavy atom. The van der Waals surface area contributed by atoms with Crippen LogP contribution in [-0.4, -0.2) is 171 Å². The third-order valence-electron chi connectivity index (χ3n) is 8.90. The van der Waals surface area contributed by atoms with E-state index < -0.39 is 158 Å². The van der Waals surface area contributed by atoms with E-state index in [9.17, 15) is 68.4 Å². The molecule has 0 unspecified atom stereocenters. The van der Waals surface area contributed by atoms with Gasteiger partial charge in [0.15, 0.2) is 6.23 Å². The highest BCUT2D eigenvalue weighted by Crippen LogP contribution is 2.20. The first-order valence-corrected chi connectivity index (χ1v) is 18.9. The molecule has 0 saturated carbocycles. The van der Waals surface area contributed by atoms with Crippen molar-refractivity contribution >= 4 is 59.1 Å². The summed E-state index contributed by atoms with van der Waals surface area (Å²) in [6.07, 6.45) is -7.73. The van der Waals surface area contributed by atoms with Gasteiger partial charge in [0.2, 0.25) is 53.2 Å². The van der Waals surface area contributed by atoms with Crippen molar-refractivity contribution in [3.8, 4) is 0 Å². The summed E-state index contributed by atoms with van der Waals surface area (Å²) in [6.45, 7) is 2.95. The molecular weight excluding hydrogens is 804 g/mol. The van der Waals surface area contributed by atoms with E-state index in [2.05, 4.69) is 42.5 Å². The maximum Gasteiger partial charge on any atom is 0.303 e. The van der Waals surface area contributed by atoms with Crippen LogP contribution in [0.5, 0.6) is 0 Å². The first-order chi connectivity index (χ1) is 28.1. The number of carboxylic acid groups (broad SMARTS) is 1. The molecule has 60 heavy (non-hydrogen) atoms. The van der Waals surface area contributed by atoms with Crippen molar-refractivity contribution in [2.45, 2.75) is 133 Å². The Morgan fingerprint density at radius 2 is 1.18 bits per heavy atom. The van der Waals surface area contributed by atoms with Crippen LogP contribution in [-0.2, 0) is 52.7 Å². The molecule has 0 bridgehead atoms. The van der Waals surface area contributed by atoms with Gasteiger partial charge in [-0.2, -0.15) is 0 Å². The molecule has 0 radical (unpaired) electrons. The van der Waals surface area contributed by atoms with Crippen LogP contribution in [0.1, 0.15) is 66.2 Å². The van der Waals surface area contributed by atoms with E-state index in [4.69, 9.17) is 21.3 Å². The summed E-state index contributed by atoms with van der Waals surface area (Å²) in [6, 6.07) is -10.6. The zero-order valence-electron chi connectivity index (χ0n) is 33.6. The van der Waals surface area contributed by atoms with Crippen LogP contribution in [0.25, 0.3) is 0 Å². The second kappa shape index (κ2) is 25.8. The zero-order valence-corrected chi connectivity index (χ0v) is 33.6. The van der Waals surface area contributed by atoms with Gasteiger partial charge in [0, 0.05) is 20.3 Å². The Balaban J connectivity index is 3.31. The van der Waals surface area contributed by atoms with Crippen LogP contribution in [0.2, 0.25) is 0 Å². The molecule has 340 valence electrons. The molecule has 1 heterocycles. The lowest BCUT2D eigenvalue weighted by molar-refractivity contribution is -0.203. The van der Waals surface area contributed by atoms with Crippen molar-refractivity contribution in [1.82, 2.24) is 42.5 Å². The average molecular weight is 863 g/mol. The lowest BCUT2D eigenvalue weighted by Crippen LogP contribution is -2.68. The van der Waals surface area contributed by atoms with Gasteiger partial charge in [0.25, 0.3) is 0 Å². The number of nitrogens with one attached hydrogen (secondary N) is 8. The number of rotatable bonds is 25. The van der Waals surface area contributed by atoms with Gasteiger partial charge < -0.3 is 84.3 Å². The minimum absolute atomic E-state index is 0.0456. The molecule has 1 rings (SSSR count). The van der Waals surface area contributed by atoms with Crippen molar-refractivity contribution in [2.24, 2.45) is 11.5 Å². The maximum atomic E-state index is 13.6. The van der Waals surface area contributed by atoms with E-state index in [-0.39, 0.29) is 13.0 Å². The molecule has 26 heteroatoms. The largest absolute Gasteiger partial charge is 0.481 e. The molecule has 0 aromatic carbocycles. The number of hydrogen-bond acceptors (Lipinski definition) is 16. The smallest absolute Gasteiger partial charge is 0.303 e. The molecule has 0 spiro atoms. The fourth-order valence-electron chi connectivity index (χ4n) is 5.59. The number of aliphatic carboxylic acids is 1. The number of hydrogen-bond donors (Lipinski definition) is 15. The lowest BCUT2D eigenvalue weighted by Gasteiger charge is -2.42. The van der Waals surface area contributed by atoms with Gasteiger partial charge in [-0.3, -0.25) is 47.9 Å². The summed E-state index contributed by atoms with van der Waals surface area (Å²) in [7, 11) is 0. The monoisotopic (exact) mass is 862 g/mol. The molecule has 1 aliphatic rings. The number of carbonyl (C=O) groups is 10. The van der Waals surface area contributed by atoms with Gasteiger partial charge in [0.1, 0.15) is 60.6 Å². The Hall–Kier alpha value is -5.54. The highest BCUT2D eigenvalue weighted by Gasteiger charge is 2.45. The van der Waals surface area contributed by atoms with E-state index >= 15 is 0 Å². The summed E-state index contributed by atoms with van der Waals surface area (Å²) in [4.78, 5) is 126. The van der Waals surface area contributed by atoms with Gasteiger partial charge in [-0.25, -0.2) is 0 Å². The molecule has 1 aliphatic heterocycles. The van der Waals surface area contributed by atoms with Crippen LogP contribution in [0, 0.1) is 0 Å². The highest BCUT2D eigenvalue weighted by atomic mass is 16.5. The molecule has 1 saturated heterocycles. The first kappa shape index (κ1) is 52.5. The predicted molar refractivity (Wildman–Crippen MR) is 203 cm³/mol. The average Bonchev–Trinajstić information content (AvgIpc) is 3.16. The number of nitrogens with two attached hydrogens (primary N) is 2. The Morgan fingerprint density at radius 3 is 1.72 bits per heavy atom. The standard InChI is InChI=1S/C34H58N10O16/c1-14(28(36)54)37-30(56)18(7-5-6-10-35)41-33(59)21(12-45)43-29(55)15(2)38-32(58)20(42-31(57)19(39-16(3)47)8-9-24(50)51)11-23(49)44-34-25(40-17(4)48)27(53)26(52)22(13-46)60-34/h14-15,18-22,25-27,34,45-46,52-53H,5-13,35H2,1-4H3,(H2,36,54)(H,37,56)(H,38,58)(H,39,47)(H,40,48)(H,41,59)(H,42,57)(H,43,55)(H,44,49)(H,50,51)/t14-,15-,18-,19-,20-,21-,22+,25+,26+,27+,34+/m0/s1. The lowest BCUT2D eigenvalue weighted by atomic mass is 9.95. The zero-order chi connectivity index (χ0) is 45.9. The number of aliphatic hydroxyl groups is 4. The van der Waals surface area contributed by atoms with Crippen molar-refractivity contribution in [3.05, 3.63) is 0 Å². The van der Waals surface area contributed by atoms with Gasteiger partial charge >= 0.3 is 5.97 Å². The number of aliphatic hydroxyl groups excluding tert-OH is 4. The molecule has 26 nitrogen and oxygen atoms in total. The molecule has 11 atom stereocenters. The van der Waals surface area contributed by atoms with E-state index in [0.29, 0.717) is 12.8 Å². The number of primary amides is 1. The summed E-state index contributed by atoms with van der Waals surface area (Å²) >= 11 is 0. The fraction of sp³-hybridized carbons (Fsp3) is 0.706. The number of unbranched alkanes of at least 4 members (excludes halogenated alkanes) is 1. The van der Waals surface area contributed by atoms with Crippen LogP contribution in [0.4, 0.5) is 0 Å². The Kier molecular flexibility index (Phi) is 22.6. The van der Waals surface area contributed by atoms with Gasteiger partial charge in [-0.15, -0.1) is 0 Å². The number of ether oxygens (including phenoxy) is 1. The predicted octanol–water partition coefficient (Wildman–Crippen LogP) is -8.12. The third-order valence-corrected chi connectivity index (χ3v) is 8.90. The topological polar surface area (TPSA) is 429 Å². The first-order valence-electron chi connectivity index (χ1n) is 18.9. The van der Waals surface area contributed by atoms with Gasteiger partial charge in [-0.1, -0.05) is 0 Å². The van der Waals surface area contributed by atoms with Crippen molar-refractivity contribution < 1.29 is 78.2 Å². The number of carboxylic acids is 1. The Bertz CT molecular complexity index is 1550. The molecule has 0 aromatic rings. The van der Waals surface area contributed by atoms with E-state index in [1.807, 2.05) is 0 Å². The molecule has 17 N–H and O–H groups in total.